The molecule has 7 heteroatoms. The average Bonchev–Trinajstić information content (AvgIpc) is 3.25. The highest BCUT2D eigenvalue weighted by Gasteiger charge is 2.43. The molecule has 0 unspecified atom stereocenters. The van der Waals surface area contributed by atoms with Crippen molar-refractivity contribution >= 4 is 23.2 Å². The van der Waals surface area contributed by atoms with Crippen LogP contribution in [0.4, 0.5) is 0 Å². The van der Waals surface area contributed by atoms with Crippen molar-refractivity contribution in [2.24, 2.45) is 5.92 Å². The molecule has 122 valence electrons. The van der Waals surface area contributed by atoms with Crippen molar-refractivity contribution in [3.63, 3.8) is 0 Å². The highest BCUT2D eigenvalue weighted by molar-refractivity contribution is 7.10. The third-order valence-electron chi connectivity index (χ3n) is 4.50. The Morgan fingerprint density at radius 2 is 2.39 bits per heavy atom. The van der Waals surface area contributed by atoms with Gasteiger partial charge in [-0.3, -0.25) is 14.5 Å². The Morgan fingerprint density at radius 1 is 1.61 bits per heavy atom. The zero-order valence-corrected chi connectivity index (χ0v) is 13.9. The molecule has 0 bridgehead atoms. The first-order chi connectivity index (χ1) is 11.0. The SMILES string of the molecule is C[C@](C#N)(NC(=O)CN1CCNC(=O)[C@@H]1c1cccs1)C1CC1. The van der Waals surface area contributed by atoms with E-state index in [2.05, 4.69) is 16.7 Å². The van der Waals surface area contributed by atoms with Gasteiger partial charge >= 0.3 is 0 Å². The summed E-state index contributed by atoms with van der Waals surface area (Å²) >= 11 is 1.51. The number of piperazine rings is 1. The van der Waals surface area contributed by atoms with Gasteiger partial charge in [-0.05, 0) is 37.1 Å². The predicted octanol–water partition coefficient (Wildman–Crippen LogP) is 1.03. The molecule has 6 nitrogen and oxygen atoms in total. The summed E-state index contributed by atoms with van der Waals surface area (Å²) < 4.78 is 0. The Hall–Kier alpha value is -1.91. The van der Waals surface area contributed by atoms with Gasteiger partial charge in [0.1, 0.15) is 11.6 Å². The van der Waals surface area contributed by atoms with Crippen molar-refractivity contribution in [2.45, 2.75) is 31.3 Å². The van der Waals surface area contributed by atoms with E-state index in [0.29, 0.717) is 13.1 Å². The van der Waals surface area contributed by atoms with Crippen LogP contribution in [0.5, 0.6) is 0 Å². The van der Waals surface area contributed by atoms with Crippen LogP contribution in [0.2, 0.25) is 0 Å². The summed E-state index contributed by atoms with van der Waals surface area (Å²) in [6, 6.07) is 5.62. The van der Waals surface area contributed by atoms with Crippen LogP contribution >= 0.6 is 11.3 Å². The summed E-state index contributed by atoms with van der Waals surface area (Å²) in [4.78, 5) is 27.4. The molecule has 1 aromatic rings. The molecular weight excluding hydrogens is 312 g/mol. The molecule has 2 amide bonds. The second-order valence-electron chi connectivity index (χ2n) is 6.32. The number of nitrogens with zero attached hydrogens (tertiary/aromatic N) is 2. The lowest BCUT2D eigenvalue weighted by atomic mass is 9.98. The van der Waals surface area contributed by atoms with E-state index in [0.717, 1.165) is 17.7 Å². The summed E-state index contributed by atoms with van der Waals surface area (Å²) in [5.74, 6) is -0.0249. The van der Waals surface area contributed by atoms with Gasteiger partial charge in [-0.15, -0.1) is 11.3 Å². The van der Waals surface area contributed by atoms with Crippen LogP contribution in [-0.2, 0) is 9.59 Å². The van der Waals surface area contributed by atoms with Gasteiger partial charge in [0, 0.05) is 18.0 Å². The van der Waals surface area contributed by atoms with Crippen molar-refractivity contribution < 1.29 is 9.59 Å². The van der Waals surface area contributed by atoms with E-state index in [4.69, 9.17) is 0 Å². The summed E-state index contributed by atoms with van der Waals surface area (Å²) in [7, 11) is 0. The standard InChI is InChI=1S/C16H20N4O2S/c1-16(10-17,11-4-5-11)19-13(21)9-20-7-6-18-15(22)14(20)12-3-2-8-23-12/h2-3,8,11,14H,4-7,9H2,1H3,(H,18,22)(H,19,21)/t14-,16+/m0/s1. The number of rotatable bonds is 5. The number of thiophene rings is 1. The quantitative estimate of drug-likeness (QED) is 0.843. The van der Waals surface area contributed by atoms with E-state index in [-0.39, 0.29) is 24.3 Å². The summed E-state index contributed by atoms with van der Waals surface area (Å²) in [6.07, 6.45) is 1.96. The number of nitriles is 1. The van der Waals surface area contributed by atoms with Gasteiger partial charge in [-0.2, -0.15) is 5.26 Å². The van der Waals surface area contributed by atoms with Crippen molar-refractivity contribution in [1.82, 2.24) is 15.5 Å². The Kier molecular flexibility index (Phi) is 4.37. The summed E-state index contributed by atoms with van der Waals surface area (Å²) in [5.41, 5.74) is -0.798. The molecular formula is C16H20N4O2S. The minimum atomic E-state index is -0.798. The first kappa shape index (κ1) is 16.0. The lowest BCUT2D eigenvalue weighted by Crippen LogP contribution is -2.55. The van der Waals surface area contributed by atoms with Crippen LogP contribution in [0.3, 0.4) is 0 Å². The molecule has 0 radical (unpaired) electrons. The maximum Gasteiger partial charge on any atom is 0.242 e. The number of carbonyl (C=O) groups excluding carboxylic acids is 2. The molecule has 2 N–H and O–H groups in total. The third-order valence-corrected chi connectivity index (χ3v) is 5.42. The van der Waals surface area contributed by atoms with Gasteiger partial charge in [0.2, 0.25) is 11.8 Å². The van der Waals surface area contributed by atoms with Crippen LogP contribution in [0, 0.1) is 17.2 Å². The van der Waals surface area contributed by atoms with E-state index < -0.39 is 11.6 Å². The second kappa shape index (κ2) is 6.30. The molecule has 2 heterocycles. The molecule has 0 spiro atoms. The van der Waals surface area contributed by atoms with Crippen molar-refractivity contribution in [1.29, 1.82) is 5.26 Å². The van der Waals surface area contributed by atoms with Crippen LogP contribution < -0.4 is 10.6 Å². The smallest absolute Gasteiger partial charge is 0.242 e. The van der Waals surface area contributed by atoms with Crippen molar-refractivity contribution in [3.05, 3.63) is 22.4 Å². The fourth-order valence-corrected chi connectivity index (χ4v) is 3.89. The van der Waals surface area contributed by atoms with Crippen molar-refractivity contribution in [3.8, 4) is 6.07 Å². The molecule has 2 fully saturated rings. The molecule has 2 aliphatic rings. The van der Waals surface area contributed by atoms with Crippen LogP contribution in [0.1, 0.15) is 30.7 Å². The van der Waals surface area contributed by atoms with E-state index in [1.165, 1.54) is 11.3 Å². The predicted molar refractivity (Wildman–Crippen MR) is 86.5 cm³/mol. The lowest BCUT2D eigenvalue weighted by molar-refractivity contribution is -0.132. The molecule has 23 heavy (non-hydrogen) atoms. The van der Waals surface area contributed by atoms with Gasteiger partial charge in [0.25, 0.3) is 0 Å². The maximum atomic E-state index is 12.4. The normalized spacial score (nSPS) is 24.3. The number of carbonyl (C=O) groups is 2. The fraction of sp³-hybridized carbons (Fsp3) is 0.562. The average molecular weight is 332 g/mol. The van der Waals surface area contributed by atoms with Gasteiger partial charge in [-0.1, -0.05) is 6.07 Å². The monoisotopic (exact) mass is 332 g/mol. The van der Waals surface area contributed by atoms with Crippen LogP contribution in [-0.4, -0.2) is 41.9 Å². The van der Waals surface area contributed by atoms with E-state index in [9.17, 15) is 14.9 Å². The number of hydrogen-bond acceptors (Lipinski definition) is 5. The number of nitrogens with one attached hydrogen (secondary N) is 2. The molecule has 1 aromatic heterocycles. The van der Waals surface area contributed by atoms with E-state index >= 15 is 0 Å². The number of hydrogen-bond donors (Lipinski definition) is 2. The largest absolute Gasteiger partial charge is 0.353 e. The molecule has 1 aliphatic heterocycles. The van der Waals surface area contributed by atoms with Crippen molar-refractivity contribution in [2.75, 3.05) is 19.6 Å². The molecule has 2 atom stereocenters. The third kappa shape index (κ3) is 3.38. The minimum Gasteiger partial charge on any atom is -0.353 e. The van der Waals surface area contributed by atoms with Gasteiger partial charge in [0.05, 0.1) is 12.6 Å². The van der Waals surface area contributed by atoms with E-state index in [1.807, 2.05) is 22.4 Å². The maximum absolute atomic E-state index is 12.4. The lowest BCUT2D eigenvalue weighted by Gasteiger charge is -2.34. The Bertz CT molecular complexity index is 635. The van der Waals surface area contributed by atoms with Crippen LogP contribution in [0.25, 0.3) is 0 Å². The first-order valence-electron chi connectivity index (χ1n) is 7.81. The topological polar surface area (TPSA) is 85.2 Å². The van der Waals surface area contributed by atoms with Crippen LogP contribution in [0.15, 0.2) is 17.5 Å². The number of amides is 2. The Morgan fingerprint density at radius 3 is 3.00 bits per heavy atom. The highest BCUT2D eigenvalue weighted by atomic mass is 32.1. The summed E-state index contributed by atoms with van der Waals surface area (Å²) in [6.45, 7) is 3.06. The zero-order chi connectivity index (χ0) is 16.4. The van der Waals surface area contributed by atoms with E-state index in [1.54, 1.807) is 6.92 Å². The zero-order valence-electron chi connectivity index (χ0n) is 13.0. The fourth-order valence-electron chi connectivity index (χ4n) is 3.04. The highest BCUT2D eigenvalue weighted by Crippen LogP contribution is 2.39. The van der Waals surface area contributed by atoms with Gasteiger partial charge in [0.15, 0.2) is 0 Å². The molecule has 1 aliphatic carbocycles. The second-order valence-corrected chi connectivity index (χ2v) is 7.30. The Labute approximate surface area is 139 Å². The Balaban J connectivity index is 1.69. The first-order valence-corrected chi connectivity index (χ1v) is 8.69. The molecule has 0 aromatic carbocycles. The van der Waals surface area contributed by atoms with Gasteiger partial charge < -0.3 is 10.6 Å². The molecule has 3 rings (SSSR count). The molecule has 1 saturated heterocycles. The van der Waals surface area contributed by atoms with Gasteiger partial charge in [-0.25, -0.2) is 0 Å². The summed E-state index contributed by atoms with van der Waals surface area (Å²) in [5, 5.41) is 17.0. The molecule has 1 saturated carbocycles. The minimum absolute atomic E-state index is 0.0725.